The number of alkyl halides is 3. The van der Waals surface area contributed by atoms with E-state index in [0.29, 0.717) is 11.4 Å². The van der Waals surface area contributed by atoms with Crippen LogP contribution in [-0.4, -0.2) is 41.3 Å². The number of carbonyl (C=O) groups is 1. The molecule has 1 fully saturated rings. The van der Waals surface area contributed by atoms with Gasteiger partial charge in [0.25, 0.3) is 0 Å². The fourth-order valence-corrected chi connectivity index (χ4v) is 5.17. The molecule has 1 aliphatic heterocycles. The van der Waals surface area contributed by atoms with Gasteiger partial charge in [-0.25, -0.2) is 4.79 Å². The molecule has 2 N–H and O–H groups in total. The minimum atomic E-state index is -4.79. The van der Waals surface area contributed by atoms with E-state index in [1.165, 1.54) is 6.07 Å². The van der Waals surface area contributed by atoms with E-state index in [2.05, 4.69) is 9.72 Å². The maximum atomic E-state index is 14.1. The summed E-state index contributed by atoms with van der Waals surface area (Å²) in [5.74, 6) is 0. The fourth-order valence-electron chi connectivity index (χ4n) is 4.45. The fraction of sp³-hybridized carbons (Fsp3) is 0.545. The highest BCUT2D eigenvalue weighted by molar-refractivity contribution is 7.10. The highest BCUT2D eigenvalue weighted by Crippen LogP contribution is 2.49. The summed E-state index contributed by atoms with van der Waals surface area (Å²) in [5, 5.41) is -0.393. The standard InChI is InChI=1S/C22H27F4N3O2S/c1-14-4-5-15(12-28-14)20(2,3)29-11-10-21(13-29,9-8-16-6-7-17(23)32-16)18(22(24,25)26)31-19(27)30/h4-7,12,18H,8-11,13H2,1-3H3,(H2,27,30)/t18-,21?/m1/s1. The molecule has 3 rings (SSSR count). The summed E-state index contributed by atoms with van der Waals surface area (Å²) in [4.78, 5) is 18.3. The number of nitrogens with two attached hydrogens (primary N) is 1. The molecule has 1 saturated heterocycles. The van der Waals surface area contributed by atoms with Crippen molar-refractivity contribution in [3.05, 3.63) is 51.7 Å². The zero-order chi connectivity index (χ0) is 23.7. The van der Waals surface area contributed by atoms with Gasteiger partial charge in [-0.15, -0.1) is 11.3 Å². The van der Waals surface area contributed by atoms with E-state index in [1.807, 2.05) is 37.8 Å². The number of amides is 1. The lowest BCUT2D eigenvalue weighted by atomic mass is 9.76. The molecule has 176 valence electrons. The van der Waals surface area contributed by atoms with Gasteiger partial charge in [-0.05, 0) is 70.3 Å². The first-order valence-electron chi connectivity index (χ1n) is 10.3. The molecule has 1 aliphatic rings. The van der Waals surface area contributed by atoms with Gasteiger partial charge in [0, 0.05) is 34.3 Å². The van der Waals surface area contributed by atoms with E-state index in [1.54, 1.807) is 12.3 Å². The van der Waals surface area contributed by atoms with Crippen molar-refractivity contribution >= 4 is 17.4 Å². The van der Waals surface area contributed by atoms with Crippen molar-refractivity contribution in [2.24, 2.45) is 11.1 Å². The number of pyridine rings is 1. The predicted molar refractivity (Wildman–Crippen MR) is 114 cm³/mol. The number of aromatic nitrogens is 1. The van der Waals surface area contributed by atoms with Crippen molar-refractivity contribution in [3.63, 3.8) is 0 Å². The Morgan fingerprint density at radius 3 is 2.56 bits per heavy atom. The number of thiophene rings is 1. The molecule has 2 aromatic heterocycles. The molecule has 10 heteroatoms. The SMILES string of the molecule is Cc1ccc(C(C)(C)N2CCC(CCc3ccc(F)s3)([C@@H](OC(N)=O)C(F)(F)F)C2)cn1. The lowest BCUT2D eigenvalue weighted by Crippen LogP contribution is -2.52. The Labute approximate surface area is 188 Å². The number of aryl methyl sites for hydroxylation is 2. The first-order chi connectivity index (χ1) is 14.8. The van der Waals surface area contributed by atoms with Crippen LogP contribution >= 0.6 is 11.3 Å². The van der Waals surface area contributed by atoms with E-state index >= 15 is 0 Å². The summed E-state index contributed by atoms with van der Waals surface area (Å²) in [6.45, 7) is 6.14. The van der Waals surface area contributed by atoms with Crippen molar-refractivity contribution in [1.82, 2.24) is 9.88 Å². The molecule has 32 heavy (non-hydrogen) atoms. The Balaban J connectivity index is 1.93. The number of hydrogen-bond acceptors (Lipinski definition) is 5. The highest BCUT2D eigenvalue weighted by Gasteiger charge is 2.59. The molecule has 1 unspecified atom stereocenters. The predicted octanol–water partition coefficient (Wildman–Crippen LogP) is 5.18. The van der Waals surface area contributed by atoms with Gasteiger partial charge in [-0.2, -0.15) is 17.6 Å². The molecule has 0 bridgehead atoms. The van der Waals surface area contributed by atoms with E-state index in [0.717, 1.165) is 22.6 Å². The van der Waals surface area contributed by atoms with Gasteiger partial charge >= 0.3 is 12.3 Å². The normalized spacial score (nSPS) is 21.0. The van der Waals surface area contributed by atoms with Crippen LogP contribution in [0.25, 0.3) is 0 Å². The molecule has 0 radical (unpaired) electrons. The van der Waals surface area contributed by atoms with Gasteiger partial charge in [0.15, 0.2) is 5.13 Å². The number of ether oxygens (including phenoxy) is 1. The molecular weight excluding hydrogens is 446 g/mol. The summed E-state index contributed by atoms with van der Waals surface area (Å²) in [5.41, 5.74) is 4.73. The van der Waals surface area contributed by atoms with E-state index < -0.39 is 34.5 Å². The van der Waals surface area contributed by atoms with Crippen LogP contribution in [0.15, 0.2) is 30.5 Å². The third-order valence-corrected chi connectivity index (χ3v) is 7.31. The van der Waals surface area contributed by atoms with Crippen LogP contribution in [-0.2, 0) is 16.7 Å². The Morgan fingerprint density at radius 2 is 2.03 bits per heavy atom. The van der Waals surface area contributed by atoms with Crippen molar-refractivity contribution < 1.29 is 27.1 Å². The molecule has 0 aliphatic carbocycles. The first-order valence-corrected chi connectivity index (χ1v) is 11.1. The van der Waals surface area contributed by atoms with Gasteiger partial charge in [0.1, 0.15) is 0 Å². The quantitative estimate of drug-likeness (QED) is 0.563. The Hall–Kier alpha value is -2.20. The van der Waals surface area contributed by atoms with Crippen LogP contribution in [0.4, 0.5) is 22.4 Å². The maximum absolute atomic E-state index is 14.1. The smallest absolute Gasteiger partial charge is 0.426 e. The van der Waals surface area contributed by atoms with Crippen LogP contribution < -0.4 is 5.73 Å². The number of primary amides is 1. The second-order valence-electron chi connectivity index (χ2n) is 8.85. The number of hydrogen-bond donors (Lipinski definition) is 1. The molecule has 3 heterocycles. The minimum absolute atomic E-state index is 0.0409. The average molecular weight is 474 g/mol. The van der Waals surface area contributed by atoms with Crippen LogP contribution in [0, 0.1) is 17.5 Å². The Bertz CT molecular complexity index is 945. The van der Waals surface area contributed by atoms with Crippen LogP contribution in [0.3, 0.4) is 0 Å². The van der Waals surface area contributed by atoms with Gasteiger partial charge in [0.2, 0.25) is 6.10 Å². The third-order valence-electron chi connectivity index (χ3n) is 6.38. The van der Waals surface area contributed by atoms with Gasteiger partial charge < -0.3 is 10.5 Å². The first kappa shape index (κ1) is 24.4. The zero-order valence-electron chi connectivity index (χ0n) is 18.2. The average Bonchev–Trinajstić information content (AvgIpc) is 3.31. The Kier molecular flexibility index (Phi) is 6.86. The van der Waals surface area contributed by atoms with Crippen molar-refractivity contribution in [2.75, 3.05) is 13.1 Å². The molecule has 0 saturated carbocycles. The molecule has 2 atom stereocenters. The van der Waals surface area contributed by atoms with Crippen molar-refractivity contribution in [1.29, 1.82) is 0 Å². The summed E-state index contributed by atoms with van der Waals surface area (Å²) in [6, 6.07) is 6.64. The second kappa shape index (κ2) is 8.97. The summed E-state index contributed by atoms with van der Waals surface area (Å²) in [7, 11) is 0. The number of halogens is 4. The third kappa shape index (κ3) is 5.23. The minimum Gasteiger partial charge on any atom is -0.436 e. The lowest BCUT2D eigenvalue weighted by Gasteiger charge is -2.41. The van der Waals surface area contributed by atoms with Crippen molar-refractivity contribution in [3.8, 4) is 0 Å². The topological polar surface area (TPSA) is 68.5 Å². The number of nitrogens with zero attached hydrogens (tertiary/aromatic N) is 2. The summed E-state index contributed by atoms with van der Waals surface area (Å²) >= 11 is 0.905. The summed E-state index contributed by atoms with van der Waals surface area (Å²) < 4.78 is 60.3. The van der Waals surface area contributed by atoms with Crippen LogP contribution in [0.1, 0.15) is 42.8 Å². The lowest BCUT2D eigenvalue weighted by molar-refractivity contribution is -0.237. The number of carbonyl (C=O) groups excluding carboxylic acids is 1. The van der Waals surface area contributed by atoms with E-state index in [4.69, 9.17) is 5.73 Å². The zero-order valence-corrected chi connectivity index (χ0v) is 19.0. The highest BCUT2D eigenvalue weighted by atomic mass is 32.1. The van der Waals surface area contributed by atoms with Crippen LogP contribution in [0.2, 0.25) is 0 Å². The second-order valence-corrected chi connectivity index (χ2v) is 9.96. The van der Waals surface area contributed by atoms with E-state index in [-0.39, 0.29) is 25.8 Å². The largest absolute Gasteiger partial charge is 0.436 e. The molecule has 2 aromatic rings. The summed E-state index contributed by atoms with van der Waals surface area (Å²) in [6.07, 6.45) is -6.41. The molecule has 5 nitrogen and oxygen atoms in total. The molecule has 1 amide bonds. The van der Waals surface area contributed by atoms with Crippen LogP contribution in [0.5, 0.6) is 0 Å². The van der Waals surface area contributed by atoms with Gasteiger partial charge in [-0.3, -0.25) is 9.88 Å². The molecule has 0 spiro atoms. The van der Waals surface area contributed by atoms with Crippen molar-refractivity contribution in [2.45, 2.75) is 57.9 Å². The monoisotopic (exact) mass is 473 g/mol. The number of rotatable bonds is 7. The molecule has 0 aromatic carbocycles. The maximum Gasteiger partial charge on any atom is 0.426 e. The number of likely N-dealkylation sites (tertiary alicyclic amines) is 1. The van der Waals surface area contributed by atoms with Gasteiger partial charge in [0.05, 0.1) is 0 Å². The molecular formula is C22H27F4N3O2S. The van der Waals surface area contributed by atoms with Gasteiger partial charge in [-0.1, -0.05) is 6.07 Å². The Morgan fingerprint density at radius 1 is 1.31 bits per heavy atom. The van der Waals surface area contributed by atoms with E-state index in [9.17, 15) is 22.4 Å².